The topological polar surface area (TPSA) is 72.8 Å². The summed E-state index contributed by atoms with van der Waals surface area (Å²) in [7, 11) is 0. The molecule has 0 saturated carbocycles. The molecule has 0 rings (SSSR count). The summed E-state index contributed by atoms with van der Waals surface area (Å²) in [4.78, 5) is 24.3. The van der Waals surface area contributed by atoms with E-state index in [4.69, 9.17) is 9.47 Å². The van der Waals surface area contributed by atoms with Crippen LogP contribution in [0.25, 0.3) is 0 Å². The van der Waals surface area contributed by atoms with Crippen LogP contribution >= 0.6 is 0 Å². The monoisotopic (exact) mass is 663 g/mol. The quantitative estimate of drug-likeness (QED) is 0.0407. The van der Waals surface area contributed by atoms with Gasteiger partial charge >= 0.3 is 11.9 Å². The van der Waals surface area contributed by atoms with Crippen LogP contribution in [-0.2, 0) is 19.1 Å². The maximum Gasteiger partial charge on any atom is 0.306 e. The fourth-order valence-corrected chi connectivity index (χ4v) is 5.88. The number of esters is 2. The van der Waals surface area contributed by atoms with Crippen molar-refractivity contribution in [3.8, 4) is 0 Å². The molecule has 5 nitrogen and oxygen atoms in total. The first-order chi connectivity index (χ1) is 23.1. The second-order valence-electron chi connectivity index (χ2n) is 13.7. The third-order valence-corrected chi connectivity index (χ3v) is 9.00. The Bertz CT molecular complexity index is 716. The fourth-order valence-electron chi connectivity index (χ4n) is 5.88. The maximum atomic E-state index is 12.2. The Morgan fingerprint density at radius 3 is 1.28 bits per heavy atom. The predicted molar refractivity (Wildman–Crippen MR) is 201 cm³/mol. The van der Waals surface area contributed by atoms with Crippen LogP contribution in [-0.4, -0.2) is 36.4 Å². The minimum atomic E-state index is -0.770. The van der Waals surface area contributed by atoms with Crippen molar-refractivity contribution >= 4 is 11.9 Å². The molecule has 0 bridgehead atoms. The van der Waals surface area contributed by atoms with Gasteiger partial charge in [-0.15, -0.1) is 0 Å². The number of aliphatic hydroxyl groups excluding tert-OH is 1. The van der Waals surface area contributed by atoms with Gasteiger partial charge in [-0.3, -0.25) is 9.59 Å². The highest BCUT2D eigenvalue weighted by Crippen LogP contribution is 2.15. The molecule has 0 spiro atoms. The third kappa shape index (κ3) is 37.1. The molecular formula is C42H78O5. The van der Waals surface area contributed by atoms with Crippen LogP contribution in [0, 0.1) is 0 Å². The van der Waals surface area contributed by atoms with Crippen LogP contribution < -0.4 is 0 Å². The van der Waals surface area contributed by atoms with Gasteiger partial charge in [0.15, 0.2) is 6.10 Å². The van der Waals surface area contributed by atoms with Crippen molar-refractivity contribution < 1.29 is 24.2 Å². The molecule has 0 amide bonds. The van der Waals surface area contributed by atoms with Gasteiger partial charge in [-0.1, -0.05) is 179 Å². The second kappa shape index (κ2) is 38.8. The fraction of sp³-hybridized carbons (Fsp3) is 0.857. The molecular weight excluding hydrogens is 584 g/mol. The second-order valence-corrected chi connectivity index (χ2v) is 13.7. The normalized spacial score (nSPS) is 12.3. The van der Waals surface area contributed by atoms with Gasteiger partial charge in [0.25, 0.3) is 0 Å². The Morgan fingerprint density at radius 1 is 0.489 bits per heavy atom. The zero-order valence-electron chi connectivity index (χ0n) is 31.3. The summed E-state index contributed by atoms with van der Waals surface area (Å²) < 4.78 is 10.6. The van der Waals surface area contributed by atoms with E-state index in [0.717, 1.165) is 51.4 Å². The average molecular weight is 663 g/mol. The Kier molecular flexibility index (Phi) is 37.5. The summed E-state index contributed by atoms with van der Waals surface area (Å²) in [6, 6.07) is 0. The van der Waals surface area contributed by atoms with Crippen molar-refractivity contribution in [1.82, 2.24) is 0 Å². The maximum absolute atomic E-state index is 12.2. The first-order valence-electron chi connectivity index (χ1n) is 20.4. The Labute approximate surface area is 292 Å². The van der Waals surface area contributed by atoms with Crippen LogP contribution in [0.5, 0.6) is 0 Å². The number of ether oxygens (including phenoxy) is 2. The van der Waals surface area contributed by atoms with E-state index < -0.39 is 6.10 Å². The minimum absolute atomic E-state index is 0.0647. The largest absolute Gasteiger partial charge is 0.462 e. The molecule has 1 unspecified atom stereocenters. The zero-order chi connectivity index (χ0) is 34.3. The van der Waals surface area contributed by atoms with E-state index in [1.165, 1.54) is 135 Å². The number of allylic oxidation sites excluding steroid dienone is 4. The molecule has 47 heavy (non-hydrogen) atoms. The van der Waals surface area contributed by atoms with Crippen molar-refractivity contribution in [3.63, 3.8) is 0 Å². The highest BCUT2D eigenvalue weighted by atomic mass is 16.6. The summed E-state index contributed by atoms with van der Waals surface area (Å²) in [6.45, 7) is 4.13. The van der Waals surface area contributed by atoms with Gasteiger partial charge in [-0.25, -0.2) is 0 Å². The van der Waals surface area contributed by atoms with Crippen LogP contribution in [0.2, 0.25) is 0 Å². The molecule has 276 valence electrons. The Balaban J connectivity index is 3.54. The van der Waals surface area contributed by atoms with Crippen molar-refractivity contribution in [2.45, 2.75) is 219 Å². The molecule has 0 fully saturated rings. The van der Waals surface area contributed by atoms with Crippen molar-refractivity contribution in [2.24, 2.45) is 0 Å². The number of carbonyl (C=O) groups is 2. The summed E-state index contributed by atoms with van der Waals surface area (Å²) in [6.07, 6.45) is 45.2. The number of hydrogen-bond acceptors (Lipinski definition) is 5. The van der Waals surface area contributed by atoms with E-state index >= 15 is 0 Å². The van der Waals surface area contributed by atoms with Crippen molar-refractivity contribution in [1.29, 1.82) is 0 Å². The smallest absolute Gasteiger partial charge is 0.306 e. The van der Waals surface area contributed by atoms with Crippen LogP contribution in [0.4, 0.5) is 0 Å². The SMILES string of the molecule is CCCCCC/C=C\C/C=C\CCCCCCCCCC(=O)OC(CO)COC(=O)CCCCCCCCCCCCCCCCC. The van der Waals surface area contributed by atoms with Gasteiger partial charge in [-0.05, 0) is 44.9 Å². The molecule has 0 radical (unpaired) electrons. The van der Waals surface area contributed by atoms with Gasteiger partial charge in [0.05, 0.1) is 6.61 Å². The molecule has 0 aromatic rings. The van der Waals surface area contributed by atoms with Crippen molar-refractivity contribution in [3.05, 3.63) is 24.3 Å². The van der Waals surface area contributed by atoms with E-state index in [1.54, 1.807) is 0 Å². The van der Waals surface area contributed by atoms with Crippen LogP contribution in [0.3, 0.4) is 0 Å². The molecule has 0 aliphatic rings. The molecule has 0 aromatic heterocycles. The molecule has 0 aliphatic heterocycles. The van der Waals surface area contributed by atoms with Gasteiger partial charge in [0, 0.05) is 12.8 Å². The molecule has 0 heterocycles. The number of aliphatic hydroxyl groups is 1. The molecule has 5 heteroatoms. The van der Waals surface area contributed by atoms with Crippen LogP contribution in [0.1, 0.15) is 213 Å². The van der Waals surface area contributed by atoms with E-state index in [9.17, 15) is 14.7 Å². The predicted octanol–water partition coefficient (Wildman–Crippen LogP) is 12.7. The standard InChI is InChI=1S/C42H78O5/c1-3-5-7-9-11-13-15-17-19-20-21-23-25-27-29-31-33-35-37-42(45)47-40(38-43)39-46-41(44)36-34-32-30-28-26-24-22-18-16-14-12-10-8-6-4-2/h13,15,19-20,40,43H,3-12,14,16-18,21-39H2,1-2H3/b15-13-,20-19-. The van der Waals surface area contributed by atoms with Crippen molar-refractivity contribution in [2.75, 3.05) is 13.2 Å². The molecule has 0 saturated heterocycles. The molecule has 1 atom stereocenters. The molecule has 0 aliphatic carbocycles. The third-order valence-electron chi connectivity index (χ3n) is 9.00. The lowest BCUT2D eigenvalue weighted by atomic mass is 10.0. The lowest BCUT2D eigenvalue weighted by molar-refractivity contribution is -0.161. The van der Waals surface area contributed by atoms with E-state index in [2.05, 4.69) is 38.2 Å². The number of carbonyl (C=O) groups excluding carboxylic acids is 2. The lowest BCUT2D eigenvalue weighted by Crippen LogP contribution is -2.28. The Morgan fingerprint density at radius 2 is 0.851 bits per heavy atom. The highest BCUT2D eigenvalue weighted by Gasteiger charge is 2.16. The average Bonchev–Trinajstić information content (AvgIpc) is 3.07. The number of unbranched alkanes of at least 4 members (excludes halogenated alkanes) is 25. The van der Waals surface area contributed by atoms with E-state index in [-0.39, 0.29) is 25.2 Å². The summed E-state index contributed by atoms with van der Waals surface area (Å²) in [5.41, 5.74) is 0. The lowest BCUT2D eigenvalue weighted by Gasteiger charge is -2.15. The minimum Gasteiger partial charge on any atom is -0.462 e. The van der Waals surface area contributed by atoms with E-state index in [0.29, 0.717) is 12.8 Å². The molecule has 1 N–H and O–H groups in total. The number of hydrogen-bond donors (Lipinski definition) is 1. The Hall–Kier alpha value is -1.62. The molecule has 0 aromatic carbocycles. The van der Waals surface area contributed by atoms with Crippen LogP contribution in [0.15, 0.2) is 24.3 Å². The first-order valence-corrected chi connectivity index (χ1v) is 20.4. The van der Waals surface area contributed by atoms with Gasteiger partial charge < -0.3 is 14.6 Å². The summed E-state index contributed by atoms with van der Waals surface area (Å²) in [5, 5.41) is 9.56. The zero-order valence-corrected chi connectivity index (χ0v) is 31.3. The van der Waals surface area contributed by atoms with Gasteiger partial charge in [-0.2, -0.15) is 0 Å². The number of rotatable bonds is 37. The highest BCUT2D eigenvalue weighted by molar-refractivity contribution is 5.70. The summed E-state index contributed by atoms with van der Waals surface area (Å²) in [5.74, 6) is -0.591. The van der Waals surface area contributed by atoms with E-state index in [1.807, 2.05) is 0 Å². The van der Waals surface area contributed by atoms with Gasteiger partial charge in [0.2, 0.25) is 0 Å². The summed E-state index contributed by atoms with van der Waals surface area (Å²) >= 11 is 0. The van der Waals surface area contributed by atoms with Gasteiger partial charge in [0.1, 0.15) is 6.61 Å². The first kappa shape index (κ1) is 45.4.